The monoisotopic (exact) mass is 427 g/mol. The van der Waals surface area contributed by atoms with Gasteiger partial charge in [-0.1, -0.05) is 67.4 Å². The van der Waals surface area contributed by atoms with Gasteiger partial charge in [-0.25, -0.2) is 4.98 Å². The third-order valence-electron chi connectivity index (χ3n) is 4.66. The summed E-state index contributed by atoms with van der Waals surface area (Å²) in [5, 5.41) is 1.03. The highest BCUT2D eigenvalue weighted by molar-refractivity contribution is 7.71. The van der Waals surface area contributed by atoms with E-state index in [1.165, 1.54) is 5.56 Å². The smallest absolute Gasteiger partial charge is 0.205 e. The first-order chi connectivity index (χ1) is 13.4. The Balaban J connectivity index is 1.81. The normalized spacial score (nSPS) is 11.5. The Morgan fingerprint density at radius 3 is 2.43 bits per heavy atom. The van der Waals surface area contributed by atoms with E-state index in [1.54, 1.807) is 12.3 Å². The number of nitrogens with one attached hydrogen (secondary N) is 1. The van der Waals surface area contributed by atoms with Crippen molar-refractivity contribution in [2.24, 2.45) is 5.92 Å². The summed E-state index contributed by atoms with van der Waals surface area (Å²) in [6.07, 6.45) is 4.83. The lowest BCUT2D eigenvalue weighted by atomic mass is 10.0. The van der Waals surface area contributed by atoms with E-state index in [2.05, 4.69) is 48.1 Å². The number of rotatable bonds is 4. The Hall–Kier alpha value is -2.14. The van der Waals surface area contributed by atoms with Gasteiger partial charge in [0.05, 0.1) is 15.7 Å². The summed E-state index contributed by atoms with van der Waals surface area (Å²) in [5.41, 5.74) is 6.14. The van der Waals surface area contributed by atoms with Gasteiger partial charge in [-0.15, -0.1) is 0 Å². The first-order valence-electron chi connectivity index (χ1n) is 9.07. The molecule has 0 spiro atoms. The van der Waals surface area contributed by atoms with Crippen LogP contribution in [0.2, 0.25) is 10.0 Å². The van der Waals surface area contributed by atoms with Crippen LogP contribution in [0.25, 0.3) is 28.0 Å². The van der Waals surface area contributed by atoms with Gasteiger partial charge in [-0.05, 0) is 53.4 Å². The Morgan fingerprint density at radius 2 is 1.75 bits per heavy atom. The molecule has 1 N–H and O–H groups in total. The van der Waals surface area contributed by atoms with Gasteiger partial charge in [-0.2, -0.15) is 0 Å². The van der Waals surface area contributed by atoms with Gasteiger partial charge in [0.2, 0.25) is 4.77 Å². The average Bonchev–Trinajstić information content (AvgIpc) is 3.11. The molecule has 0 aliphatic rings. The summed E-state index contributed by atoms with van der Waals surface area (Å²) >= 11 is 17.7. The maximum Gasteiger partial charge on any atom is 0.205 e. The molecule has 0 aliphatic heterocycles. The molecule has 2 aromatic carbocycles. The lowest BCUT2D eigenvalue weighted by molar-refractivity contribution is 0.647. The van der Waals surface area contributed by atoms with Crippen molar-refractivity contribution >= 4 is 41.1 Å². The zero-order valence-corrected chi connectivity index (χ0v) is 17.9. The summed E-state index contributed by atoms with van der Waals surface area (Å²) < 4.78 is 2.39. The summed E-state index contributed by atoms with van der Waals surface area (Å²) in [6, 6.07) is 14.2. The van der Waals surface area contributed by atoms with Crippen molar-refractivity contribution < 1.29 is 0 Å². The second-order valence-electron chi connectivity index (χ2n) is 7.26. The van der Waals surface area contributed by atoms with Gasteiger partial charge < -0.3 is 4.98 Å². The number of aromatic amines is 1. The number of H-pyrrole nitrogens is 1. The molecule has 4 aromatic rings. The van der Waals surface area contributed by atoms with Crippen LogP contribution in [0.4, 0.5) is 0 Å². The summed E-state index contributed by atoms with van der Waals surface area (Å²) in [7, 11) is 0. The summed E-state index contributed by atoms with van der Waals surface area (Å²) in [4.78, 5) is 7.87. The highest BCUT2D eigenvalue weighted by Crippen LogP contribution is 2.31. The van der Waals surface area contributed by atoms with E-state index in [0.717, 1.165) is 34.5 Å². The van der Waals surface area contributed by atoms with Gasteiger partial charge in [0.25, 0.3) is 0 Å². The van der Waals surface area contributed by atoms with Crippen LogP contribution >= 0.6 is 35.4 Å². The van der Waals surface area contributed by atoms with E-state index in [1.807, 2.05) is 22.7 Å². The lowest BCUT2D eigenvalue weighted by Gasteiger charge is -2.06. The zero-order chi connectivity index (χ0) is 19.8. The molecule has 3 nitrogen and oxygen atoms in total. The van der Waals surface area contributed by atoms with Crippen molar-refractivity contribution in [1.82, 2.24) is 14.4 Å². The molecule has 0 bridgehead atoms. The Labute approximate surface area is 179 Å². The molecule has 0 saturated heterocycles. The molecule has 0 amide bonds. The number of nitrogens with zero attached hydrogens (tertiary/aromatic N) is 2. The fourth-order valence-corrected chi connectivity index (χ4v) is 3.81. The first-order valence-corrected chi connectivity index (χ1v) is 10.2. The molecule has 142 valence electrons. The fraction of sp³-hybridized carbons (Fsp3) is 0.182. The molecular weight excluding hydrogens is 409 g/mol. The van der Waals surface area contributed by atoms with Gasteiger partial charge in [0.15, 0.2) is 0 Å². The standard InChI is InChI=1S/C22H19Cl2N3S/c1-13(2)9-14-3-5-15(6-4-14)20-12-27-21(26-20)17(11-25-22(27)28)16-7-8-18(23)19(24)10-16/h3-8,10-13,26H,9H2,1-2H3. The first kappa shape index (κ1) is 19.2. The van der Waals surface area contributed by atoms with Gasteiger partial charge >= 0.3 is 0 Å². The van der Waals surface area contributed by atoms with Crippen LogP contribution in [0, 0.1) is 10.7 Å². The molecule has 0 unspecified atom stereocenters. The second kappa shape index (κ2) is 7.70. The topological polar surface area (TPSA) is 33.1 Å². The number of aromatic nitrogens is 3. The minimum atomic E-state index is 0.498. The van der Waals surface area contributed by atoms with Gasteiger partial charge in [0.1, 0.15) is 5.65 Å². The zero-order valence-electron chi connectivity index (χ0n) is 15.5. The van der Waals surface area contributed by atoms with E-state index in [0.29, 0.717) is 20.7 Å². The Morgan fingerprint density at radius 1 is 1.04 bits per heavy atom. The fourth-order valence-electron chi connectivity index (χ4n) is 3.32. The van der Waals surface area contributed by atoms with Gasteiger partial charge in [0, 0.05) is 18.0 Å². The number of benzene rings is 2. The number of hydrogen-bond donors (Lipinski definition) is 1. The van der Waals surface area contributed by atoms with Crippen molar-refractivity contribution in [1.29, 1.82) is 0 Å². The Bertz CT molecular complexity index is 1210. The number of fused-ring (bicyclic) bond motifs is 1. The van der Waals surface area contributed by atoms with Crippen LogP contribution in [-0.2, 0) is 6.42 Å². The molecule has 0 aliphatic carbocycles. The van der Waals surface area contributed by atoms with Crippen molar-refractivity contribution in [2.75, 3.05) is 0 Å². The second-order valence-corrected chi connectivity index (χ2v) is 8.44. The molecule has 6 heteroatoms. The van der Waals surface area contributed by atoms with Crippen molar-refractivity contribution in [3.8, 4) is 22.4 Å². The van der Waals surface area contributed by atoms with Crippen LogP contribution in [0.3, 0.4) is 0 Å². The maximum absolute atomic E-state index is 6.21. The SMILES string of the molecule is CC(C)Cc1ccc(-c2cn3c(=S)ncc(-c4ccc(Cl)c(Cl)c4)c3[nH]2)cc1. The van der Waals surface area contributed by atoms with Crippen molar-refractivity contribution in [2.45, 2.75) is 20.3 Å². The molecular formula is C22H19Cl2N3S. The van der Waals surface area contributed by atoms with E-state index >= 15 is 0 Å². The molecule has 0 saturated carbocycles. The lowest BCUT2D eigenvalue weighted by Crippen LogP contribution is -1.93. The predicted molar refractivity (Wildman–Crippen MR) is 120 cm³/mol. The molecule has 2 heterocycles. The quantitative estimate of drug-likeness (QED) is 0.348. The van der Waals surface area contributed by atoms with E-state index in [9.17, 15) is 0 Å². The van der Waals surface area contributed by atoms with E-state index < -0.39 is 0 Å². The van der Waals surface area contributed by atoms with Crippen LogP contribution in [0.15, 0.2) is 54.9 Å². The molecule has 2 aromatic heterocycles. The highest BCUT2D eigenvalue weighted by Gasteiger charge is 2.12. The molecule has 0 atom stereocenters. The van der Waals surface area contributed by atoms with Crippen LogP contribution < -0.4 is 0 Å². The van der Waals surface area contributed by atoms with E-state index in [-0.39, 0.29) is 0 Å². The predicted octanol–water partition coefficient (Wildman–Crippen LogP) is 7.23. The van der Waals surface area contributed by atoms with Crippen LogP contribution in [0.1, 0.15) is 19.4 Å². The highest BCUT2D eigenvalue weighted by atomic mass is 35.5. The van der Waals surface area contributed by atoms with Crippen molar-refractivity contribution in [3.63, 3.8) is 0 Å². The minimum Gasteiger partial charge on any atom is -0.339 e. The van der Waals surface area contributed by atoms with Crippen LogP contribution in [-0.4, -0.2) is 14.4 Å². The average molecular weight is 428 g/mol. The number of halogens is 2. The largest absolute Gasteiger partial charge is 0.339 e. The summed E-state index contributed by atoms with van der Waals surface area (Å²) in [5.74, 6) is 0.636. The third kappa shape index (κ3) is 3.72. The van der Waals surface area contributed by atoms with E-state index in [4.69, 9.17) is 35.4 Å². The number of hydrogen-bond acceptors (Lipinski definition) is 2. The molecule has 0 radical (unpaired) electrons. The summed E-state index contributed by atoms with van der Waals surface area (Å²) in [6.45, 7) is 4.45. The molecule has 28 heavy (non-hydrogen) atoms. The minimum absolute atomic E-state index is 0.498. The Kier molecular flexibility index (Phi) is 5.28. The third-order valence-corrected chi connectivity index (χ3v) is 5.70. The van der Waals surface area contributed by atoms with Crippen molar-refractivity contribution in [3.05, 3.63) is 75.2 Å². The molecule has 0 fully saturated rings. The number of imidazole rings is 1. The maximum atomic E-state index is 6.21. The van der Waals surface area contributed by atoms with Crippen LogP contribution in [0.5, 0.6) is 0 Å². The van der Waals surface area contributed by atoms with Gasteiger partial charge in [-0.3, -0.25) is 4.40 Å². The molecule has 4 rings (SSSR count).